The highest BCUT2D eigenvalue weighted by Gasteiger charge is 2.28. The van der Waals surface area contributed by atoms with Gasteiger partial charge in [-0.25, -0.2) is 0 Å². The predicted octanol–water partition coefficient (Wildman–Crippen LogP) is 5.91. The molecule has 33 heavy (non-hydrogen) atoms. The zero-order valence-electron chi connectivity index (χ0n) is 18.8. The third kappa shape index (κ3) is 4.21. The normalized spacial score (nSPS) is 18.6. The Balaban J connectivity index is 1.39. The van der Waals surface area contributed by atoms with Crippen LogP contribution in [0.4, 0.5) is 5.69 Å². The maximum atomic E-state index is 13.1. The van der Waals surface area contributed by atoms with Gasteiger partial charge in [-0.1, -0.05) is 60.3 Å². The van der Waals surface area contributed by atoms with Crippen LogP contribution in [-0.2, 0) is 11.2 Å². The average Bonchev–Trinajstić information content (AvgIpc) is 2.84. The smallest absolute Gasteiger partial charge is 0.264 e. The van der Waals surface area contributed by atoms with E-state index in [1.54, 1.807) is 11.9 Å². The lowest BCUT2D eigenvalue weighted by atomic mass is 9.87. The second-order valence-electron chi connectivity index (χ2n) is 8.63. The van der Waals surface area contributed by atoms with Crippen molar-refractivity contribution in [2.75, 3.05) is 11.9 Å². The van der Waals surface area contributed by atoms with Crippen molar-refractivity contribution in [3.8, 4) is 0 Å². The zero-order valence-corrected chi connectivity index (χ0v) is 19.6. The van der Waals surface area contributed by atoms with Gasteiger partial charge >= 0.3 is 0 Å². The number of amides is 2. The molecule has 0 radical (unpaired) electrons. The number of likely N-dealkylation sites (N-methyl/N-ethyl adjacent to an activating group) is 1. The van der Waals surface area contributed by atoms with Crippen LogP contribution in [0.2, 0.25) is 0 Å². The quantitative estimate of drug-likeness (QED) is 0.501. The number of hydrogen-bond acceptors (Lipinski definition) is 3. The molecule has 2 aliphatic rings. The van der Waals surface area contributed by atoms with Gasteiger partial charge < -0.3 is 10.2 Å². The maximum absolute atomic E-state index is 13.1. The molecule has 0 spiro atoms. The summed E-state index contributed by atoms with van der Waals surface area (Å²) in [6, 6.07) is 22.0. The van der Waals surface area contributed by atoms with E-state index in [4.69, 9.17) is 0 Å². The second-order valence-corrected chi connectivity index (χ2v) is 9.71. The van der Waals surface area contributed by atoms with E-state index >= 15 is 0 Å². The molecular formula is C28H26N2O2S. The molecule has 3 aromatic carbocycles. The number of hydrogen-bond donors (Lipinski definition) is 1. The summed E-state index contributed by atoms with van der Waals surface area (Å²) >= 11 is 1.46. The van der Waals surface area contributed by atoms with E-state index in [0.29, 0.717) is 10.5 Å². The molecule has 1 aliphatic carbocycles. The van der Waals surface area contributed by atoms with Crippen LogP contribution in [0.25, 0.3) is 6.08 Å². The minimum Gasteiger partial charge on any atom is -0.345 e. The first-order chi connectivity index (χ1) is 16.0. The Labute approximate surface area is 198 Å². The molecule has 0 saturated carbocycles. The Hall–Kier alpha value is -3.31. The topological polar surface area (TPSA) is 49.4 Å². The molecule has 0 fully saturated rings. The van der Waals surface area contributed by atoms with Crippen LogP contribution >= 0.6 is 11.8 Å². The number of nitrogens with zero attached hydrogens (tertiary/aromatic N) is 1. The monoisotopic (exact) mass is 454 g/mol. The van der Waals surface area contributed by atoms with Crippen molar-refractivity contribution in [3.63, 3.8) is 0 Å². The number of nitrogens with one attached hydrogen (secondary N) is 1. The summed E-state index contributed by atoms with van der Waals surface area (Å²) in [5.74, 6) is -0.166. The molecule has 0 aromatic heterocycles. The predicted molar refractivity (Wildman–Crippen MR) is 134 cm³/mol. The van der Waals surface area contributed by atoms with E-state index in [0.717, 1.165) is 41.0 Å². The van der Waals surface area contributed by atoms with Crippen LogP contribution in [0.5, 0.6) is 0 Å². The summed E-state index contributed by atoms with van der Waals surface area (Å²) in [6.07, 6.45) is 5.01. The Morgan fingerprint density at radius 2 is 1.88 bits per heavy atom. The van der Waals surface area contributed by atoms with Gasteiger partial charge in [0.15, 0.2) is 0 Å². The Morgan fingerprint density at radius 1 is 1.09 bits per heavy atom. The third-order valence-corrected chi connectivity index (χ3v) is 7.55. The number of aryl methyl sites for hydroxylation is 2. The molecule has 1 heterocycles. The van der Waals surface area contributed by atoms with Crippen LogP contribution in [0, 0.1) is 6.92 Å². The highest BCUT2D eigenvalue weighted by Crippen LogP contribution is 2.42. The van der Waals surface area contributed by atoms with Gasteiger partial charge in [-0.15, -0.1) is 0 Å². The first kappa shape index (κ1) is 21.5. The van der Waals surface area contributed by atoms with E-state index in [2.05, 4.69) is 23.5 Å². The van der Waals surface area contributed by atoms with Crippen LogP contribution in [0.1, 0.15) is 51.5 Å². The molecule has 166 valence electrons. The largest absolute Gasteiger partial charge is 0.345 e. The molecular weight excluding hydrogens is 428 g/mol. The maximum Gasteiger partial charge on any atom is 0.264 e. The van der Waals surface area contributed by atoms with Crippen molar-refractivity contribution < 1.29 is 9.59 Å². The summed E-state index contributed by atoms with van der Waals surface area (Å²) in [4.78, 5) is 29.5. The fourth-order valence-corrected chi connectivity index (χ4v) is 5.65. The van der Waals surface area contributed by atoms with Gasteiger partial charge in [-0.2, -0.15) is 0 Å². The number of carbonyl (C=O) groups is 2. The molecule has 5 heteroatoms. The summed E-state index contributed by atoms with van der Waals surface area (Å²) in [6.45, 7) is 2.04. The SMILES string of the molecule is Cc1ccccc1/C=C1\Sc2ccc(C(=O)N[C@@H]3CCCc4ccccc43)cc2N(C)C1=O. The first-order valence-corrected chi connectivity index (χ1v) is 12.1. The summed E-state index contributed by atoms with van der Waals surface area (Å²) < 4.78 is 0. The molecule has 0 saturated heterocycles. The number of anilines is 1. The van der Waals surface area contributed by atoms with E-state index in [1.807, 2.05) is 61.5 Å². The average molecular weight is 455 g/mol. The highest BCUT2D eigenvalue weighted by molar-refractivity contribution is 8.04. The molecule has 0 bridgehead atoms. The Morgan fingerprint density at radius 3 is 2.73 bits per heavy atom. The lowest BCUT2D eigenvalue weighted by Crippen LogP contribution is -2.32. The zero-order chi connectivity index (χ0) is 22.9. The number of rotatable bonds is 3. The van der Waals surface area contributed by atoms with Crippen LogP contribution in [0.3, 0.4) is 0 Å². The third-order valence-electron chi connectivity index (χ3n) is 6.47. The number of thioether (sulfide) groups is 1. The van der Waals surface area contributed by atoms with Gasteiger partial charge in [0, 0.05) is 17.5 Å². The van der Waals surface area contributed by atoms with Crippen molar-refractivity contribution >= 4 is 35.3 Å². The van der Waals surface area contributed by atoms with Crippen LogP contribution in [-0.4, -0.2) is 18.9 Å². The highest BCUT2D eigenvalue weighted by atomic mass is 32.2. The lowest BCUT2D eigenvalue weighted by molar-refractivity contribution is -0.114. The van der Waals surface area contributed by atoms with Crippen molar-refractivity contribution in [2.45, 2.75) is 37.1 Å². The van der Waals surface area contributed by atoms with E-state index in [1.165, 1.54) is 22.9 Å². The minimum absolute atomic E-state index is 0.0240. The van der Waals surface area contributed by atoms with Crippen molar-refractivity contribution in [2.24, 2.45) is 0 Å². The minimum atomic E-state index is -0.105. The van der Waals surface area contributed by atoms with Crippen molar-refractivity contribution in [1.82, 2.24) is 5.32 Å². The fourth-order valence-electron chi connectivity index (χ4n) is 4.57. The van der Waals surface area contributed by atoms with E-state index in [-0.39, 0.29) is 17.9 Å². The van der Waals surface area contributed by atoms with E-state index < -0.39 is 0 Å². The van der Waals surface area contributed by atoms with Gasteiger partial charge in [0.2, 0.25) is 0 Å². The number of fused-ring (bicyclic) bond motifs is 2. The van der Waals surface area contributed by atoms with Gasteiger partial charge in [0.25, 0.3) is 11.8 Å². The lowest BCUT2D eigenvalue weighted by Gasteiger charge is -2.28. The molecule has 4 nitrogen and oxygen atoms in total. The summed E-state index contributed by atoms with van der Waals surface area (Å²) in [5, 5.41) is 3.21. The molecule has 1 atom stereocenters. The molecule has 3 aromatic rings. The second kappa shape index (κ2) is 8.91. The van der Waals surface area contributed by atoms with Gasteiger partial charge in [0.05, 0.1) is 16.6 Å². The van der Waals surface area contributed by atoms with Crippen LogP contribution < -0.4 is 10.2 Å². The van der Waals surface area contributed by atoms with Gasteiger partial charge in [0.1, 0.15) is 0 Å². The van der Waals surface area contributed by atoms with Crippen LogP contribution in [0.15, 0.2) is 76.5 Å². The number of benzene rings is 3. The number of carbonyl (C=O) groups excluding carboxylic acids is 2. The Bertz CT molecular complexity index is 1280. The first-order valence-electron chi connectivity index (χ1n) is 11.3. The fraction of sp³-hybridized carbons (Fsp3) is 0.214. The van der Waals surface area contributed by atoms with E-state index in [9.17, 15) is 9.59 Å². The van der Waals surface area contributed by atoms with Gasteiger partial charge in [-0.05, 0) is 72.7 Å². The molecule has 5 rings (SSSR count). The summed E-state index contributed by atoms with van der Waals surface area (Å²) in [5.41, 5.74) is 6.03. The van der Waals surface area contributed by atoms with Crippen molar-refractivity contribution in [3.05, 3.63) is 99.5 Å². The van der Waals surface area contributed by atoms with Crippen molar-refractivity contribution in [1.29, 1.82) is 0 Å². The molecule has 1 N–H and O–H groups in total. The van der Waals surface area contributed by atoms with Gasteiger partial charge in [-0.3, -0.25) is 9.59 Å². The molecule has 2 amide bonds. The summed E-state index contributed by atoms with van der Waals surface area (Å²) in [7, 11) is 1.77. The molecule has 0 unspecified atom stereocenters. The molecule has 1 aliphatic heterocycles. The Kier molecular flexibility index (Phi) is 5.81. The standard InChI is InChI=1S/C28H26N2O2S/c1-18-8-3-4-10-20(18)17-26-28(32)30(2)24-16-21(14-15-25(24)33-26)27(31)29-23-13-7-11-19-9-5-6-12-22(19)23/h3-6,8-10,12,14-17,23H,7,11,13H2,1-2H3,(H,29,31)/b26-17-/t23-/m1/s1.